The number of fused-ring (bicyclic) bond motifs is 1. The molecule has 4 nitrogen and oxygen atoms in total. The first kappa shape index (κ1) is 13.8. The van der Waals surface area contributed by atoms with Crippen molar-refractivity contribution >= 4 is 28.6 Å². The molecular weight excluding hydrogens is 276 g/mol. The summed E-state index contributed by atoms with van der Waals surface area (Å²) in [6.45, 7) is 0. The fraction of sp³-hybridized carbons (Fsp3) is 0. The van der Waals surface area contributed by atoms with E-state index in [1.165, 1.54) is 0 Å². The summed E-state index contributed by atoms with van der Waals surface area (Å²) in [4.78, 5) is 15.5. The Kier molecular flexibility index (Phi) is 3.58. The van der Waals surface area contributed by atoms with Crippen LogP contribution in [-0.2, 0) is 0 Å². The van der Waals surface area contributed by atoms with Gasteiger partial charge in [0.1, 0.15) is 5.75 Å². The van der Waals surface area contributed by atoms with Crippen LogP contribution in [0.4, 0.5) is 5.69 Å². The summed E-state index contributed by atoms with van der Waals surface area (Å²) < 4.78 is 0. The third-order valence-corrected chi connectivity index (χ3v) is 3.42. The molecule has 3 aromatic carbocycles. The highest BCUT2D eigenvalue weighted by Gasteiger charge is 2.05. The van der Waals surface area contributed by atoms with Gasteiger partial charge in [-0.15, -0.1) is 0 Å². The average molecular weight is 290 g/mol. The van der Waals surface area contributed by atoms with Crippen molar-refractivity contribution in [1.29, 1.82) is 0 Å². The van der Waals surface area contributed by atoms with Crippen molar-refractivity contribution in [3.63, 3.8) is 0 Å². The van der Waals surface area contributed by atoms with E-state index in [-0.39, 0.29) is 5.75 Å². The van der Waals surface area contributed by atoms with Gasteiger partial charge in [-0.25, -0.2) is 0 Å². The van der Waals surface area contributed by atoms with Gasteiger partial charge in [-0.1, -0.05) is 36.4 Å². The zero-order valence-corrected chi connectivity index (χ0v) is 11.7. The van der Waals surface area contributed by atoms with E-state index in [0.717, 1.165) is 10.8 Å². The van der Waals surface area contributed by atoms with Crippen molar-refractivity contribution in [2.24, 2.45) is 10.7 Å². The minimum Gasteiger partial charge on any atom is -0.507 e. The molecule has 108 valence electrons. The predicted molar refractivity (Wildman–Crippen MR) is 87.8 cm³/mol. The minimum atomic E-state index is -0.495. The molecule has 0 atom stereocenters. The molecule has 0 bridgehead atoms. The Morgan fingerprint density at radius 2 is 1.86 bits per heavy atom. The number of amides is 1. The smallest absolute Gasteiger partial charge is 0.248 e. The number of phenols is 1. The number of hydrogen-bond donors (Lipinski definition) is 2. The Hall–Kier alpha value is -3.14. The summed E-state index contributed by atoms with van der Waals surface area (Å²) in [7, 11) is 0. The number of primary amides is 1. The molecule has 0 radical (unpaired) electrons. The number of aromatic hydroxyl groups is 1. The van der Waals surface area contributed by atoms with Crippen LogP contribution in [0.1, 0.15) is 15.9 Å². The lowest BCUT2D eigenvalue weighted by Crippen LogP contribution is -2.10. The molecular formula is C18H14N2O2. The van der Waals surface area contributed by atoms with Gasteiger partial charge in [-0.05, 0) is 35.0 Å². The fourth-order valence-electron chi connectivity index (χ4n) is 2.30. The largest absolute Gasteiger partial charge is 0.507 e. The van der Waals surface area contributed by atoms with Crippen molar-refractivity contribution in [3.8, 4) is 5.75 Å². The zero-order chi connectivity index (χ0) is 15.5. The van der Waals surface area contributed by atoms with Crippen molar-refractivity contribution < 1.29 is 9.90 Å². The normalized spacial score (nSPS) is 11.1. The van der Waals surface area contributed by atoms with Gasteiger partial charge in [0.05, 0.1) is 5.69 Å². The monoisotopic (exact) mass is 290 g/mol. The number of nitrogens with two attached hydrogens (primary N) is 1. The van der Waals surface area contributed by atoms with Gasteiger partial charge in [0.15, 0.2) is 0 Å². The second kappa shape index (κ2) is 5.69. The quantitative estimate of drug-likeness (QED) is 0.725. The van der Waals surface area contributed by atoms with Crippen molar-refractivity contribution in [3.05, 3.63) is 71.8 Å². The maximum atomic E-state index is 11.2. The van der Waals surface area contributed by atoms with Gasteiger partial charge in [0.2, 0.25) is 5.91 Å². The molecule has 0 fully saturated rings. The van der Waals surface area contributed by atoms with E-state index in [2.05, 4.69) is 4.99 Å². The number of hydrogen-bond acceptors (Lipinski definition) is 3. The first-order valence-electron chi connectivity index (χ1n) is 6.80. The Bertz CT molecular complexity index is 885. The molecule has 0 saturated carbocycles. The lowest BCUT2D eigenvalue weighted by atomic mass is 10.0. The highest BCUT2D eigenvalue weighted by molar-refractivity contribution is 6.03. The molecule has 4 heteroatoms. The lowest BCUT2D eigenvalue weighted by molar-refractivity contribution is 0.100. The van der Waals surface area contributed by atoms with Gasteiger partial charge in [-0.3, -0.25) is 9.79 Å². The van der Waals surface area contributed by atoms with E-state index in [1.54, 1.807) is 36.5 Å². The average Bonchev–Trinajstić information content (AvgIpc) is 2.54. The molecule has 3 rings (SSSR count). The zero-order valence-electron chi connectivity index (χ0n) is 11.7. The fourth-order valence-corrected chi connectivity index (χ4v) is 2.30. The topological polar surface area (TPSA) is 75.7 Å². The number of rotatable bonds is 3. The summed E-state index contributed by atoms with van der Waals surface area (Å²) in [5, 5.41) is 12.0. The van der Waals surface area contributed by atoms with Crippen molar-refractivity contribution in [1.82, 2.24) is 0 Å². The minimum absolute atomic E-state index is 0.161. The van der Waals surface area contributed by atoms with E-state index >= 15 is 0 Å². The van der Waals surface area contributed by atoms with Crippen molar-refractivity contribution in [2.75, 3.05) is 0 Å². The first-order valence-corrected chi connectivity index (χ1v) is 6.80. The lowest BCUT2D eigenvalue weighted by Gasteiger charge is -2.04. The van der Waals surface area contributed by atoms with E-state index in [4.69, 9.17) is 5.73 Å². The number of phenolic OH excluding ortho intramolecular Hbond substituents is 1. The first-order chi connectivity index (χ1) is 10.6. The van der Waals surface area contributed by atoms with Crippen LogP contribution in [0.2, 0.25) is 0 Å². The Balaban J connectivity index is 2.04. The second-order valence-corrected chi connectivity index (χ2v) is 4.89. The third kappa shape index (κ3) is 2.67. The molecule has 1 amide bonds. The van der Waals surface area contributed by atoms with Crippen LogP contribution in [0.3, 0.4) is 0 Å². The molecule has 0 aliphatic heterocycles. The van der Waals surface area contributed by atoms with Gasteiger partial charge in [0.25, 0.3) is 0 Å². The molecule has 0 aliphatic rings. The maximum absolute atomic E-state index is 11.2. The number of carbonyl (C=O) groups excluding carboxylic acids is 1. The second-order valence-electron chi connectivity index (χ2n) is 4.89. The summed E-state index contributed by atoms with van der Waals surface area (Å²) in [6.07, 6.45) is 1.60. The van der Waals surface area contributed by atoms with Gasteiger partial charge < -0.3 is 10.8 Å². The molecule has 0 aliphatic carbocycles. The predicted octanol–water partition coefficient (Wildman–Crippen LogP) is 3.39. The number of nitrogens with zero attached hydrogens (tertiary/aromatic N) is 1. The molecule has 3 aromatic rings. The summed E-state index contributed by atoms with van der Waals surface area (Å²) in [6, 6.07) is 18.0. The van der Waals surface area contributed by atoms with Crippen LogP contribution in [-0.4, -0.2) is 17.2 Å². The van der Waals surface area contributed by atoms with Crippen LogP contribution in [0.25, 0.3) is 10.8 Å². The SMILES string of the molecule is NC(=O)c1cccc(N=Cc2c(O)ccc3ccccc23)c1. The van der Waals surface area contributed by atoms with E-state index in [0.29, 0.717) is 16.8 Å². The van der Waals surface area contributed by atoms with Crippen LogP contribution < -0.4 is 5.73 Å². The molecule has 0 saturated heterocycles. The summed E-state index contributed by atoms with van der Waals surface area (Å²) in [5.74, 6) is -0.335. The summed E-state index contributed by atoms with van der Waals surface area (Å²) in [5.41, 5.74) is 6.90. The molecule has 3 N–H and O–H groups in total. The van der Waals surface area contributed by atoms with Crippen molar-refractivity contribution in [2.45, 2.75) is 0 Å². The Morgan fingerprint density at radius 1 is 1.05 bits per heavy atom. The number of aliphatic imine (C=N–C) groups is 1. The highest BCUT2D eigenvalue weighted by Crippen LogP contribution is 2.26. The van der Waals surface area contributed by atoms with Crippen LogP contribution in [0.5, 0.6) is 5.75 Å². The number of benzene rings is 3. The van der Waals surface area contributed by atoms with Crippen LogP contribution >= 0.6 is 0 Å². The molecule has 0 heterocycles. The molecule has 22 heavy (non-hydrogen) atoms. The van der Waals surface area contributed by atoms with E-state index < -0.39 is 5.91 Å². The molecule has 0 spiro atoms. The Labute approximate surface area is 127 Å². The summed E-state index contributed by atoms with van der Waals surface area (Å²) >= 11 is 0. The van der Waals surface area contributed by atoms with E-state index in [9.17, 15) is 9.90 Å². The third-order valence-electron chi connectivity index (χ3n) is 3.42. The van der Waals surface area contributed by atoms with Gasteiger partial charge in [0, 0.05) is 17.3 Å². The van der Waals surface area contributed by atoms with Crippen LogP contribution in [0, 0.1) is 0 Å². The molecule has 0 aromatic heterocycles. The van der Waals surface area contributed by atoms with E-state index in [1.807, 2.05) is 30.3 Å². The Morgan fingerprint density at radius 3 is 2.68 bits per heavy atom. The van der Waals surface area contributed by atoms with Crippen LogP contribution in [0.15, 0.2) is 65.7 Å². The standard InChI is InChI=1S/C18H14N2O2/c19-18(22)13-5-3-6-14(10-13)20-11-16-15-7-2-1-4-12(15)8-9-17(16)21/h1-11,21H,(H2,19,22). The maximum Gasteiger partial charge on any atom is 0.248 e. The van der Waals surface area contributed by atoms with Gasteiger partial charge >= 0.3 is 0 Å². The van der Waals surface area contributed by atoms with Gasteiger partial charge in [-0.2, -0.15) is 0 Å². The molecule has 0 unspecified atom stereocenters. The highest BCUT2D eigenvalue weighted by atomic mass is 16.3. The number of carbonyl (C=O) groups is 1.